The molecule has 3 saturated carbocycles. The van der Waals surface area contributed by atoms with Crippen LogP contribution in [0.4, 0.5) is 0 Å². The van der Waals surface area contributed by atoms with Gasteiger partial charge in [0.15, 0.2) is 0 Å². The van der Waals surface area contributed by atoms with Crippen molar-refractivity contribution in [3.05, 3.63) is 0 Å². The highest BCUT2D eigenvalue weighted by molar-refractivity contribution is 4.95. The van der Waals surface area contributed by atoms with Crippen LogP contribution in [0.5, 0.6) is 0 Å². The highest BCUT2D eigenvalue weighted by Crippen LogP contribution is 2.51. The normalized spacial score (nSPS) is 42.5. The van der Waals surface area contributed by atoms with Gasteiger partial charge in [0, 0.05) is 6.04 Å². The third-order valence-corrected chi connectivity index (χ3v) is 6.89. The minimum absolute atomic E-state index is 0.559. The molecule has 0 aromatic rings. The second kappa shape index (κ2) is 5.39. The molecule has 1 heteroatoms. The van der Waals surface area contributed by atoms with E-state index in [-0.39, 0.29) is 0 Å². The van der Waals surface area contributed by atoms with E-state index in [4.69, 9.17) is 0 Å². The van der Waals surface area contributed by atoms with E-state index < -0.39 is 0 Å². The Bertz CT molecular complexity index is 309. The molecule has 0 spiro atoms. The Morgan fingerprint density at radius 2 is 1.95 bits per heavy atom. The van der Waals surface area contributed by atoms with E-state index in [0.29, 0.717) is 5.41 Å². The predicted octanol–water partition coefficient (Wildman–Crippen LogP) is 4.62. The first-order chi connectivity index (χ1) is 9.10. The van der Waals surface area contributed by atoms with Crippen LogP contribution in [-0.4, -0.2) is 13.1 Å². The summed E-state index contributed by atoms with van der Waals surface area (Å²) in [7, 11) is 2.21. The second-order valence-electron chi connectivity index (χ2n) is 8.41. The fourth-order valence-electron chi connectivity index (χ4n) is 5.74. The summed E-state index contributed by atoms with van der Waals surface area (Å²) < 4.78 is 0. The molecule has 3 aliphatic carbocycles. The Hall–Kier alpha value is -0.0400. The number of fused-ring (bicyclic) bond motifs is 2. The van der Waals surface area contributed by atoms with Crippen molar-refractivity contribution in [2.45, 2.75) is 77.7 Å². The molecule has 0 aliphatic heterocycles. The van der Waals surface area contributed by atoms with E-state index in [2.05, 4.69) is 26.2 Å². The van der Waals surface area contributed by atoms with Gasteiger partial charge in [-0.05, 0) is 74.7 Å². The molecule has 1 nitrogen and oxygen atoms in total. The first kappa shape index (κ1) is 13.9. The van der Waals surface area contributed by atoms with Gasteiger partial charge in [0.05, 0.1) is 0 Å². The van der Waals surface area contributed by atoms with E-state index in [9.17, 15) is 0 Å². The van der Waals surface area contributed by atoms with Crippen molar-refractivity contribution in [3.63, 3.8) is 0 Å². The van der Waals surface area contributed by atoms with Gasteiger partial charge >= 0.3 is 0 Å². The molecule has 3 aliphatic rings. The third-order valence-electron chi connectivity index (χ3n) is 6.89. The van der Waals surface area contributed by atoms with Gasteiger partial charge in [0.1, 0.15) is 0 Å². The van der Waals surface area contributed by atoms with E-state index in [1.165, 1.54) is 32.1 Å². The number of nitrogens with one attached hydrogen (secondary N) is 1. The Kier molecular flexibility index (Phi) is 3.95. The van der Waals surface area contributed by atoms with Crippen LogP contribution in [0, 0.1) is 29.1 Å². The quantitative estimate of drug-likeness (QED) is 0.780. The Balaban J connectivity index is 1.63. The van der Waals surface area contributed by atoms with Crippen molar-refractivity contribution in [1.82, 2.24) is 5.32 Å². The maximum Gasteiger partial charge on any atom is 0.0100 e. The molecule has 3 fully saturated rings. The lowest BCUT2D eigenvalue weighted by Crippen LogP contribution is -2.44. The zero-order chi connectivity index (χ0) is 13.5. The minimum Gasteiger partial charge on any atom is -0.317 e. The lowest BCUT2D eigenvalue weighted by Gasteiger charge is -2.44. The van der Waals surface area contributed by atoms with Gasteiger partial charge in [-0.2, -0.15) is 0 Å². The van der Waals surface area contributed by atoms with E-state index in [1.807, 2.05) is 0 Å². The van der Waals surface area contributed by atoms with Gasteiger partial charge in [0.25, 0.3) is 0 Å². The molecule has 0 saturated heterocycles. The SMILES string of the molecule is CNC(CC1CC2CCC1C2)C1CCCCC1(C)C. The molecule has 3 rings (SSSR count). The molecule has 0 radical (unpaired) electrons. The highest BCUT2D eigenvalue weighted by atomic mass is 14.9. The van der Waals surface area contributed by atoms with Crippen LogP contribution in [-0.2, 0) is 0 Å². The van der Waals surface area contributed by atoms with Crippen molar-refractivity contribution < 1.29 is 0 Å². The number of hydrogen-bond acceptors (Lipinski definition) is 1. The van der Waals surface area contributed by atoms with Crippen LogP contribution in [0.25, 0.3) is 0 Å². The molecule has 2 bridgehead atoms. The number of rotatable bonds is 4. The summed E-state index contributed by atoms with van der Waals surface area (Å²) in [5.74, 6) is 4.15. The Labute approximate surface area is 119 Å². The Morgan fingerprint density at radius 1 is 1.11 bits per heavy atom. The molecule has 0 heterocycles. The van der Waals surface area contributed by atoms with Crippen LogP contribution in [0.15, 0.2) is 0 Å². The zero-order valence-corrected chi connectivity index (χ0v) is 13.3. The molecular weight excluding hydrogens is 230 g/mol. The fraction of sp³-hybridized carbons (Fsp3) is 1.00. The average molecular weight is 263 g/mol. The first-order valence-electron chi connectivity index (χ1n) is 8.77. The fourth-order valence-corrected chi connectivity index (χ4v) is 5.74. The van der Waals surface area contributed by atoms with Gasteiger partial charge in [0.2, 0.25) is 0 Å². The van der Waals surface area contributed by atoms with E-state index in [1.54, 1.807) is 25.7 Å². The van der Waals surface area contributed by atoms with Crippen molar-refractivity contribution in [1.29, 1.82) is 0 Å². The number of hydrogen-bond donors (Lipinski definition) is 1. The Morgan fingerprint density at radius 3 is 2.53 bits per heavy atom. The van der Waals surface area contributed by atoms with Gasteiger partial charge in [-0.15, -0.1) is 0 Å². The maximum atomic E-state index is 3.71. The van der Waals surface area contributed by atoms with E-state index >= 15 is 0 Å². The standard InChI is InChI=1S/C18H33N/c1-18(2)9-5-4-6-16(18)17(19-3)12-15-11-13-7-8-14(15)10-13/h13-17,19H,4-12H2,1-3H3. The van der Waals surface area contributed by atoms with Crippen molar-refractivity contribution in [2.75, 3.05) is 7.05 Å². The summed E-state index contributed by atoms with van der Waals surface area (Å²) in [6.45, 7) is 5.03. The summed E-state index contributed by atoms with van der Waals surface area (Å²) in [5.41, 5.74) is 0.559. The molecule has 0 amide bonds. The van der Waals surface area contributed by atoms with Gasteiger partial charge in [-0.1, -0.05) is 33.1 Å². The predicted molar refractivity (Wildman–Crippen MR) is 82.1 cm³/mol. The molecule has 5 atom stereocenters. The van der Waals surface area contributed by atoms with E-state index in [0.717, 1.165) is 29.7 Å². The van der Waals surface area contributed by atoms with Crippen LogP contribution in [0.1, 0.15) is 71.6 Å². The summed E-state index contributed by atoms with van der Waals surface area (Å²) in [6.07, 6.45) is 13.5. The highest BCUT2D eigenvalue weighted by Gasteiger charge is 2.43. The third kappa shape index (κ3) is 2.73. The van der Waals surface area contributed by atoms with Gasteiger partial charge < -0.3 is 5.32 Å². The lowest BCUT2D eigenvalue weighted by molar-refractivity contribution is 0.0851. The van der Waals surface area contributed by atoms with Gasteiger partial charge in [-0.3, -0.25) is 0 Å². The summed E-state index contributed by atoms with van der Waals surface area (Å²) in [6, 6.07) is 0.777. The molecular formula is C18H33N. The molecule has 0 aromatic heterocycles. The largest absolute Gasteiger partial charge is 0.317 e. The molecule has 110 valence electrons. The van der Waals surface area contributed by atoms with Crippen LogP contribution >= 0.6 is 0 Å². The molecule has 0 aromatic carbocycles. The topological polar surface area (TPSA) is 12.0 Å². The zero-order valence-electron chi connectivity index (χ0n) is 13.3. The van der Waals surface area contributed by atoms with Crippen LogP contribution in [0.3, 0.4) is 0 Å². The maximum absolute atomic E-state index is 3.71. The lowest BCUT2D eigenvalue weighted by atomic mass is 9.64. The van der Waals surface area contributed by atoms with Crippen molar-refractivity contribution in [3.8, 4) is 0 Å². The smallest absolute Gasteiger partial charge is 0.0100 e. The molecule has 1 N–H and O–H groups in total. The summed E-state index contributed by atoms with van der Waals surface area (Å²) in [5, 5.41) is 3.71. The van der Waals surface area contributed by atoms with Crippen molar-refractivity contribution >= 4 is 0 Å². The average Bonchev–Trinajstić information content (AvgIpc) is 2.98. The van der Waals surface area contributed by atoms with Crippen LogP contribution < -0.4 is 5.32 Å². The van der Waals surface area contributed by atoms with Crippen LogP contribution in [0.2, 0.25) is 0 Å². The van der Waals surface area contributed by atoms with Gasteiger partial charge in [-0.25, -0.2) is 0 Å². The summed E-state index contributed by atoms with van der Waals surface area (Å²) in [4.78, 5) is 0. The van der Waals surface area contributed by atoms with Crippen molar-refractivity contribution in [2.24, 2.45) is 29.1 Å². The monoisotopic (exact) mass is 263 g/mol. The second-order valence-corrected chi connectivity index (χ2v) is 8.41. The minimum atomic E-state index is 0.559. The summed E-state index contributed by atoms with van der Waals surface area (Å²) >= 11 is 0. The molecule has 5 unspecified atom stereocenters. The first-order valence-corrected chi connectivity index (χ1v) is 8.77. The molecule has 19 heavy (non-hydrogen) atoms.